The largest absolute Gasteiger partial charge is 0.506 e. The fourth-order valence-electron chi connectivity index (χ4n) is 3.16. The van der Waals surface area contributed by atoms with Crippen molar-refractivity contribution in [3.63, 3.8) is 0 Å². The first-order valence-electron chi connectivity index (χ1n) is 10.5. The molecule has 0 radical (unpaired) electrons. The monoisotopic (exact) mass is 556 g/mol. The summed E-state index contributed by atoms with van der Waals surface area (Å²) in [6.45, 7) is 0. The number of carbonyl (C=O) groups is 2. The Balaban J connectivity index is 1.72. The van der Waals surface area contributed by atoms with Gasteiger partial charge in [0.05, 0.1) is 30.5 Å². The predicted molar refractivity (Wildman–Crippen MR) is 132 cm³/mol. The average Bonchev–Trinajstić information content (AvgIpc) is 2.84. The summed E-state index contributed by atoms with van der Waals surface area (Å²) >= 11 is 6.02. The van der Waals surface area contributed by atoms with Gasteiger partial charge in [0.1, 0.15) is 5.75 Å². The molecule has 0 spiro atoms. The van der Waals surface area contributed by atoms with Crippen LogP contribution in [0.5, 0.6) is 5.75 Å². The van der Waals surface area contributed by atoms with Crippen LogP contribution in [0.15, 0.2) is 60.7 Å². The summed E-state index contributed by atoms with van der Waals surface area (Å²) in [6, 6.07) is 12.6. The normalized spacial score (nSPS) is 11.6. The van der Waals surface area contributed by atoms with Crippen molar-refractivity contribution in [2.45, 2.75) is 12.6 Å². The molecule has 3 rings (SSSR count). The Bertz CT molecular complexity index is 1430. The number of sulfonamides is 1. The number of hydrogen-bond acceptors (Lipinski definition) is 6. The van der Waals surface area contributed by atoms with Crippen LogP contribution >= 0.6 is 11.6 Å². The van der Waals surface area contributed by atoms with E-state index in [0.717, 1.165) is 19.2 Å². The SMILES string of the molecule is COC(=O)CCS(=O)(=O)Nc1cc(NC(=O)c2ccc(-c3ccc(C(F)(F)F)cc3Cl)cc2)ccc1O. The molecule has 0 aliphatic heterocycles. The number of aromatic hydroxyl groups is 1. The lowest BCUT2D eigenvalue weighted by Gasteiger charge is -2.12. The summed E-state index contributed by atoms with van der Waals surface area (Å²) in [6.07, 6.45) is -4.92. The number of phenolic OH excluding ortho intramolecular Hbond substituents is 1. The summed E-state index contributed by atoms with van der Waals surface area (Å²) < 4.78 is 69.5. The standard InChI is InChI=1S/C24H20ClF3N2O6S/c1-36-22(32)10-11-37(34,35)30-20-13-17(7-9-21(20)31)29-23(33)15-4-2-14(3-5-15)18-8-6-16(12-19(18)25)24(26,27)28/h2-9,12-13,30-31H,10-11H2,1H3,(H,29,33). The number of ether oxygens (including phenoxy) is 1. The smallest absolute Gasteiger partial charge is 0.416 e. The maximum atomic E-state index is 12.9. The Morgan fingerprint density at radius 3 is 2.30 bits per heavy atom. The van der Waals surface area contributed by atoms with Gasteiger partial charge in [-0.05, 0) is 48.0 Å². The first kappa shape index (κ1) is 27.8. The van der Waals surface area contributed by atoms with Gasteiger partial charge in [0.15, 0.2) is 0 Å². The van der Waals surface area contributed by atoms with E-state index in [4.69, 9.17) is 11.6 Å². The average molecular weight is 557 g/mol. The van der Waals surface area contributed by atoms with Gasteiger partial charge in [-0.2, -0.15) is 13.2 Å². The first-order chi connectivity index (χ1) is 17.3. The molecular formula is C24H20ClF3N2O6S. The maximum absolute atomic E-state index is 12.9. The van der Waals surface area contributed by atoms with Crippen molar-refractivity contribution in [2.75, 3.05) is 22.9 Å². The van der Waals surface area contributed by atoms with Crippen molar-refractivity contribution < 1.29 is 41.0 Å². The minimum Gasteiger partial charge on any atom is -0.506 e. The Labute approximate surface area is 215 Å². The van der Waals surface area contributed by atoms with E-state index in [2.05, 4.69) is 14.8 Å². The molecule has 0 aliphatic rings. The first-order valence-corrected chi connectivity index (χ1v) is 12.5. The van der Waals surface area contributed by atoms with Gasteiger partial charge in [0, 0.05) is 21.8 Å². The molecule has 13 heteroatoms. The van der Waals surface area contributed by atoms with Crippen molar-refractivity contribution in [2.24, 2.45) is 0 Å². The van der Waals surface area contributed by atoms with E-state index in [1.807, 2.05) is 0 Å². The van der Waals surface area contributed by atoms with Gasteiger partial charge in [0.25, 0.3) is 5.91 Å². The minimum atomic E-state index is -4.53. The van der Waals surface area contributed by atoms with E-state index in [-0.39, 0.29) is 22.0 Å². The van der Waals surface area contributed by atoms with Gasteiger partial charge >= 0.3 is 12.1 Å². The molecule has 0 unspecified atom stereocenters. The number of amides is 1. The molecule has 0 heterocycles. The molecular weight excluding hydrogens is 537 g/mol. The van der Waals surface area contributed by atoms with Crippen LogP contribution in [0.3, 0.4) is 0 Å². The quantitative estimate of drug-likeness (QED) is 0.197. The lowest BCUT2D eigenvalue weighted by Crippen LogP contribution is -2.20. The molecule has 1 amide bonds. The zero-order valence-corrected chi connectivity index (χ0v) is 20.7. The molecule has 3 N–H and O–H groups in total. The van der Waals surface area contributed by atoms with E-state index in [9.17, 15) is 36.3 Å². The Morgan fingerprint density at radius 1 is 1.03 bits per heavy atom. The molecule has 0 saturated heterocycles. The van der Waals surface area contributed by atoms with E-state index < -0.39 is 51.6 Å². The van der Waals surface area contributed by atoms with Crippen molar-refractivity contribution in [3.05, 3.63) is 76.8 Å². The summed E-state index contributed by atoms with van der Waals surface area (Å²) in [5, 5.41) is 12.4. The maximum Gasteiger partial charge on any atom is 0.416 e. The van der Waals surface area contributed by atoms with Crippen molar-refractivity contribution in [3.8, 4) is 16.9 Å². The summed E-state index contributed by atoms with van der Waals surface area (Å²) in [5.41, 5.74) is 0.0995. The van der Waals surface area contributed by atoms with Crippen LogP contribution in [-0.4, -0.2) is 38.3 Å². The molecule has 8 nitrogen and oxygen atoms in total. The Morgan fingerprint density at radius 2 is 1.70 bits per heavy atom. The molecule has 0 atom stereocenters. The molecule has 0 fully saturated rings. The van der Waals surface area contributed by atoms with Gasteiger partial charge in [-0.3, -0.25) is 14.3 Å². The molecule has 0 bridgehead atoms. The number of rotatable bonds is 8. The van der Waals surface area contributed by atoms with Gasteiger partial charge in [-0.1, -0.05) is 29.8 Å². The molecule has 3 aromatic rings. The number of benzene rings is 3. The molecule has 0 saturated carbocycles. The second-order valence-corrected chi connectivity index (χ2v) is 9.95. The van der Waals surface area contributed by atoms with E-state index in [0.29, 0.717) is 11.1 Å². The number of anilines is 2. The highest BCUT2D eigenvalue weighted by molar-refractivity contribution is 7.92. The number of halogens is 4. The molecule has 3 aromatic carbocycles. The highest BCUT2D eigenvalue weighted by Crippen LogP contribution is 2.35. The van der Waals surface area contributed by atoms with Crippen LogP contribution in [0.2, 0.25) is 5.02 Å². The van der Waals surface area contributed by atoms with Crippen LogP contribution in [0.1, 0.15) is 22.3 Å². The molecule has 0 aliphatic carbocycles. The molecule has 37 heavy (non-hydrogen) atoms. The van der Waals surface area contributed by atoms with Gasteiger partial charge in [0.2, 0.25) is 10.0 Å². The number of methoxy groups -OCH3 is 1. The van der Waals surface area contributed by atoms with Crippen molar-refractivity contribution >= 4 is 44.9 Å². The van der Waals surface area contributed by atoms with Crippen LogP contribution in [-0.2, 0) is 25.7 Å². The van der Waals surface area contributed by atoms with Crippen LogP contribution < -0.4 is 10.0 Å². The number of nitrogens with one attached hydrogen (secondary N) is 2. The highest BCUT2D eigenvalue weighted by atomic mass is 35.5. The third kappa shape index (κ3) is 7.37. The zero-order valence-electron chi connectivity index (χ0n) is 19.1. The fraction of sp³-hybridized carbons (Fsp3) is 0.167. The van der Waals surface area contributed by atoms with Crippen molar-refractivity contribution in [1.29, 1.82) is 0 Å². The lowest BCUT2D eigenvalue weighted by molar-refractivity contribution is -0.140. The predicted octanol–water partition coefficient (Wildman–Crippen LogP) is 5.29. The van der Waals surface area contributed by atoms with Gasteiger partial charge in [-0.15, -0.1) is 0 Å². The third-order valence-corrected chi connectivity index (χ3v) is 6.66. The van der Waals surface area contributed by atoms with Crippen LogP contribution in [0.4, 0.5) is 24.5 Å². The summed E-state index contributed by atoms with van der Waals surface area (Å²) in [7, 11) is -2.88. The number of phenols is 1. The number of hydrogen-bond donors (Lipinski definition) is 3. The third-order valence-electron chi connectivity index (χ3n) is 5.08. The van der Waals surface area contributed by atoms with Gasteiger partial charge in [-0.25, -0.2) is 8.42 Å². The Kier molecular flexibility index (Phi) is 8.34. The highest BCUT2D eigenvalue weighted by Gasteiger charge is 2.31. The topological polar surface area (TPSA) is 122 Å². The second kappa shape index (κ2) is 11.1. The second-order valence-electron chi connectivity index (χ2n) is 7.70. The van der Waals surface area contributed by atoms with Crippen molar-refractivity contribution in [1.82, 2.24) is 0 Å². The number of alkyl halides is 3. The van der Waals surface area contributed by atoms with E-state index in [1.54, 1.807) is 0 Å². The molecule has 0 aromatic heterocycles. The van der Waals surface area contributed by atoms with E-state index in [1.165, 1.54) is 48.5 Å². The van der Waals surface area contributed by atoms with Crippen LogP contribution in [0.25, 0.3) is 11.1 Å². The van der Waals surface area contributed by atoms with Crippen LogP contribution in [0, 0.1) is 0 Å². The van der Waals surface area contributed by atoms with Gasteiger partial charge < -0.3 is 15.2 Å². The van der Waals surface area contributed by atoms with E-state index >= 15 is 0 Å². The lowest BCUT2D eigenvalue weighted by atomic mass is 10.0. The number of esters is 1. The summed E-state index contributed by atoms with van der Waals surface area (Å²) in [4.78, 5) is 23.9. The minimum absolute atomic E-state index is 0.0994. The Hall–Kier alpha value is -3.77. The fourth-order valence-corrected chi connectivity index (χ4v) is 4.49. The zero-order chi connectivity index (χ0) is 27.4. The number of carbonyl (C=O) groups excluding carboxylic acids is 2. The molecule has 196 valence electrons. The summed E-state index contributed by atoms with van der Waals surface area (Å²) in [5.74, 6) is -2.28.